The molecular formula is C9H15N3O7S. The molecule has 0 amide bonds. The Morgan fingerprint density at radius 3 is 2.20 bits per heavy atom. The SMILES string of the molecule is Cc1[nH]nc(C(=O)O)c1S(=O)(=O)NC(CO)(CO)CO. The molecule has 0 saturated carbocycles. The Hall–Kier alpha value is -1.53. The van der Waals surface area contributed by atoms with E-state index in [1.807, 2.05) is 4.72 Å². The number of aromatic nitrogens is 2. The van der Waals surface area contributed by atoms with Crippen LogP contribution in [0.25, 0.3) is 0 Å². The smallest absolute Gasteiger partial charge is 0.357 e. The van der Waals surface area contributed by atoms with E-state index in [0.717, 1.165) is 0 Å². The van der Waals surface area contributed by atoms with Crippen LogP contribution in [0, 0.1) is 6.92 Å². The van der Waals surface area contributed by atoms with E-state index in [2.05, 4.69) is 10.2 Å². The molecule has 0 aliphatic carbocycles. The Labute approximate surface area is 114 Å². The number of sulfonamides is 1. The summed E-state index contributed by atoms with van der Waals surface area (Å²) in [5.74, 6) is -1.56. The predicted octanol–water partition coefficient (Wildman–Crippen LogP) is -2.59. The van der Waals surface area contributed by atoms with Crippen LogP contribution in [0.1, 0.15) is 16.2 Å². The number of hydrogen-bond donors (Lipinski definition) is 6. The van der Waals surface area contributed by atoms with Crippen molar-refractivity contribution in [2.45, 2.75) is 17.4 Å². The summed E-state index contributed by atoms with van der Waals surface area (Å²) in [4.78, 5) is 10.3. The van der Waals surface area contributed by atoms with Crippen LogP contribution in [0.3, 0.4) is 0 Å². The zero-order valence-corrected chi connectivity index (χ0v) is 11.3. The number of aromatic carboxylic acids is 1. The largest absolute Gasteiger partial charge is 0.476 e. The zero-order chi connectivity index (χ0) is 15.6. The fraction of sp³-hybridized carbons (Fsp3) is 0.556. The quantitative estimate of drug-likeness (QED) is 0.318. The number of carboxylic acid groups (broad SMARTS) is 1. The second-order valence-electron chi connectivity index (χ2n) is 4.19. The summed E-state index contributed by atoms with van der Waals surface area (Å²) in [5, 5.41) is 41.8. The predicted molar refractivity (Wildman–Crippen MR) is 64.6 cm³/mol. The van der Waals surface area contributed by atoms with Crippen molar-refractivity contribution in [1.29, 1.82) is 0 Å². The van der Waals surface area contributed by atoms with Crippen LogP contribution < -0.4 is 4.72 Å². The summed E-state index contributed by atoms with van der Waals surface area (Å²) in [6.07, 6.45) is 0. The number of hydrogen-bond acceptors (Lipinski definition) is 7. The number of aliphatic hydroxyl groups is 3. The van der Waals surface area contributed by atoms with Crippen molar-refractivity contribution in [3.05, 3.63) is 11.4 Å². The number of rotatable bonds is 7. The van der Waals surface area contributed by atoms with Gasteiger partial charge in [0.2, 0.25) is 10.0 Å². The Balaban J connectivity index is 3.31. The van der Waals surface area contributed by atoms with Crippen LogP contribution >= 0.6 is 0 Å². The van der Waals surface area contributed by atoms with E-state index in [1.54, 1.807) is 0 Å². The third kappa shape index (κ3) is 2.96. The molecule has 20 heavy (non-hydrogen) atoms. The van der Waals surface area contributed by atoms with Gasteiger partial charge in [-0.05, 0) is 6.92 Å². The minimum Gasteiger partial charge on any atom is -0.476 e. The van der Waals surface area contributed by atoms with Gasteiger partial charge >= 0.3 is 5.97 Å². The van der Waals surface area contributed by atoms with E-state index < -0.39 is 51.9 Å². The molecule has 114 valence electrons. The molecule has 1 aromatic rings. The van der Waals surface area contributed by atoms with Crippen LogP contribution in [0.5, 0.6) is 0 Å². The molecule has 1 rings (SSSR count). The lowest BCUT2D eigenvalue weighted by Gasteiger charge is -2.28. The van der Waals surface area contributed by atoms with Crippen molar-refractivity contribution in [2.24, 2.45) is 0 Å². The van der Waals surface area contributed by atoms with Crippen LogP contribution in [-0.4, -0.2) is 70.4 Å². The van der Waals surface area contributed by atoms with Crippen LogP contribution in [0.15, 0.2) is 4.90 Å². The van der Waals surface area contributed by atoms with E-state index in [1.165, 1.54) is 6.92 Å². The van der Waals surface area contributed by atoms with Crippen molar-refractivity contribution in [3.8, 4) is 0 Å². The molecule has 0 unspecified atom stereocenters. The number of H-pyrrole nitrogens is 1. The molecule has 0 radical (unpaired) electrons. The standard InChI is InChI=1S/C9H15N3O7S/c1-5-7(6(8(16)17)11-10-5)20(18,19)12-9(2-13,3-14)4-15/h12-15H,2-4H2,1H3,(H,10,11)(H,16,17). The van der Waals surface area contributed by atoms with Crippen LogP contribution in [-0.2, 0) is 10.0 Å². The number of carboxylic acids is 1. The average molecular weight is 309 g/mol. The van der Waals surface area contributed by atoms with E-state index in [0.29, 0.717) is 0 Å². The van der Waals surface area contributed by atoms with Gasteiger partial charge in [-0.2, -0.15) is 9.82 Å². The van der Waals surface area contributed by atoms with Gasteiger partial charge in [-0.1, -0.05) is 0 Å². The first-order valence-electron chi connectivity index (χ1n) is 5.38. The maximum absolute atomic E-state index is 12.2. The third-order valence-corrected chi connectivity index (χ3v) is 4.36. The lowest BCUT2D eigenvalue weighted by Crippen LogP contribution is -2.57. The summed E-state index contributed by atoms with van der Waals surface area (Å²) in [7, 11) is -4.42. The summed E-state index contributed by atoms with van der Waals surface area (Å²) in [5.41, 5.74) is -2.66. The number of aliphatic hydroxyl groups excluding tert-OH is 3. The highest BCUT2D eigenvalue weighted by Crippen LogP contribution is 2.19. The molecule has 0 aliphatic rings. The fourth-order valence-electron chi connectivity index (χ4n) is 1.48. The lowest BCUT2D eigenvalue weighted by atomic mass is 10.1. The van der Waals surface area contributed by atoms with Gasteiger partial charge in [0.15, 0.2) is 5.69 Å². The van der Waals surface area contributed by atoms with Gasteiger partial charge in [-0.15, -0.1) is 0 Å². The maximum Gasteiger partial charge on any atom is 0.357 e. The molecule has 0 saturated heterocycles. The molecule has 6 N–H and O–H groups in total. The monoisotopic (exact) mass is 309 g/mol. The highest BCUT2D eigenvalue weighted by Gasteiger charge is 2.37. The van der Waals surface area contributed by atoms with Crippen molar-refractivity contribution < 1.29 is 33.6 Å². The van der Waals surface area contributed by atoms with E-state index >= 15 is 0 Å². The van der Waals surface area contributed by atoms with Gasteiger partial charge < -0.3 is 20.4 Å². The highest BCUT2D eigenvalue weighted by molar-refractivity contribution is 7.89. The lowest BCUT2D eigenvalue weighted by molar-refractivity contribution is 0.0581. The number of aromatic amines is 1. The topological polar surface area (TPSA) is 173 Å². The van der Waals surface area contributed by atoms with E-state index in [4.69, 9.17) is 20.4 Å². The van der Waals surface area contributed by atoms with Crippen molar-refractivity contribution in [2.75, 3.05) is 19.8 Å². The average Bonchev–Trinajstić information content (AvgIpc) is 2.79. The molecule has 1 heterocycles. The van der Waals surface area contributed by atoms with Gasteiger partial charge in [-0.3, -0.25) is 5.10 Å². The third-order valence-electron chi connectivity index (χ3n) is 2.62. The Morgan fingerprint density at radius 2 is 1.80 bits per heavy atom. The molecule has 0 atom stereocenters. The first kappa shape index (κ1) is 16.5. The number of aryl methyl sites for hydroxylation is 1. The normalized spacial score (nSPS) is 12.6. The molecule has 11 heteroatoms. The number of nitrogens with zero attached hydrogens (tertiary/aromatic N) is 1. The fourth-order valence-corrected chi connectivity index (χ4v) is 3.18. The highest BCUT2D eigenvalue weighted by atomic mass is 32.2. The first-order chi connectivity index (χ1) is 9.23. The Bertz CT molecular complexity index is 582. The molecule has 1 aromatic heterocycles. The summed E-state index contributed by atoms with van der Waals surface area (Å²) < 4.78 is 26.2. The minimum absolute atomic E-state index is 0.0300. The molecule has 0 aliphatic heterocycles. The van der Waals surface area contributed by atoms with E-state index in [9.17, 15) is 13.2 Å². The van der Waals surface area contributed by atoms with Crippen LogP contribution in [0.4, 0.5) is 0 Å². The van der Waals surface area contributed by atoms with Crippen LogP contribution in [0.2, 0.25) is 0 Å². The molecule has 0 bridgehead atoms. The zero-order valence-electron chi connectivity index (χ0n) is 10.5. The van der Waals surface area contributed by atoms with Gasteiger partial charge in [0, 0.05) is 0 Å². The van der Waals surface area contributed by atoms with Crippen molar-refractivity contribution in [1.82, 2.24) is 14.9 Å². The van der Waals surface area contributed by atoms with Crippen molar-refractivity contribution in [3.63, 3.8) is 0 Å². The van der Waals surface area contributed by atoms with Gasteiger partial charge in [-0.25, -0.2) is 13.2 Å². The molecule has 0 spiro atoms. The molecule has 0 aromatic carbocycles. The van der Waals surface area contributed by atoms with Gasteiger partial charge in [0.05, 0.1) is 25.5 Å². The summed E-state index contributed by atoms with van der Waals surface area (Å²) >= 11 is 0. The second-order valence-corrected chi connectivity index (χ2v) is 5.81. The number of carbonyl (C=O) groups is 1. The first-order valence-corrected chi connectivity index (χ1v) is 6.86. The Kier molecular flexibility index (Phi) is 4.83. The van der Waals surface area contributed by atoms with Crippen molar-refractivity contribution >= 4 is 16.0 Å². The summed E-state index contributed by atoms with van der Waals surface area (Å²) in [6, 6.07) is 0. The van der Waals surface area contributed by atoms with Gasteiger partial charge in [0.25, 0.3) is 0 Å². The van der Waals surface area contributed by atoms with E-state index in [-0.39, 0.29) is 5.69 Å². The van der Waals surface area contributed by atoms with Gasteiger partial charge in [0.1, 0.15) is 10.4 Å². The second kappa shape index (κ2) is 5.85. The minimum atomic E-state index is -4.42. The maximum atomic E-state index is 12.2. The summed E-state index contributed by atoms with van der Waals surface area (Å²) in [6.45, 7) is -1.33. The Morgan fingerprint density at radius 1 is 1.30 bits per heavy atom. The molecule has 0 fully saturated rings. The molecule has 10 nitrogen and oxygen atoms in total. The number of nitrogens with one attached hydrogen (secondary N) is 2. The molecular weight excluding hydrogens is 294 g/mol.